The molecule has 1 atom stereocenters. The molecule has 5 nitrogen and oxygen atoms in total. The smallest absolute Gasteiger partial charge is 0.478 e. The molecule has 0 spiro atoms. The Balaban J connectivity index is 2.16. The van der Waals surface area contributed by atoms with Crippen LogP contribution in [0.1, 0.15) is 11.1 Å². The summed E-state index contributed by atoms with van der Waals surface area (Å²) in [7, 11) is 1.70. The fourth-order valence-corrected chi connectivity index (χ4v) is 2.86. The molecule has 31 heavy (non-hydrogen) atoms. The van der Waals surface area contributed by atoms with Gasteiger partial charge >= 0.3 is 18.5 Å². The maximum Gasteiger partial charge on any atom is 0.573 e. The van der Waals surface area contributed by atoms with Gasteiger partial charge in [0.05, 0.1) is 16.8 Å². The van der Waals surface area contributed by atoms with Crippen molar-refractivity contribution in [3.8, 4) is 23.3 Å². The number of hydrogen-bond donors (Lipinski definition) is 1. The second-order valence-electron chi connectivity index (χ2n) is 6.49. The normalized spacial score (nSPS) is 18.2. The largest absolute Gasteiger partial charge is 0.573 e. The molecular formula is C20H13F6NO4. The minimum absolute atomic E-state index is 0.324. The van der Waals surface area contributed by atoms with Crippen molar-refractivity contribution in [1.29, 1.82) is 0 Å². The molecule has 0 fully saturated rings. The van der Waals surface area contributed by atoms with E-state index in [0.29, 0.717) is 18.3 Å². The standard InChI is InChI=1S/C20H13F6NO4/c1-27-7-3-2-4-13(27)6-5-11-8-14(31-20(24,25)26)9-12-10-15(18(28)29)17(19(21,22)23)30-16(11)12/h2-4,8-10,17H,7H2,1H3,(H,28,29). The monoisotopic (exact) mass is 445 g/mol. The highest BCUT2D eigenvalue weighted by Crippen LogP contribution is 2.41. The van der Waals surface area contributed by atoms with Gasteiger partial charge in [0.15, 0.2) is 0 Å². The number of likely N-dealkylation sites (N-methyl/N-ethyl adjacent to an activating group) is 1. The average molecular weight is 445 g/mol. The predicted molar refractivity (Wildman–Crippen MR) is 95.9 cm³/mol. The first-order chi connectivity index (χ1) is 14.3. The van der Waals surface area contributed by atoms with E-state index in [1.807, 2.05) is 6.08 Å². The number of allylic oxidation sites excluding steroid dienone is 3. The molecule has 2 heterocycles. The Morgan fingerprint density at radius 3 is 2.52 bits per heavy atom. The second kappa shape index (κ2) is 7.94. The molecule has 2 aliphatic rings. The fraction of sp³-hybridized carbons (Fsp3) is 0.250. The topological polar surface area (TPSA) is 59.0 Å². The van der Waals surface area contributed by atoms with Crippen LogP contribution in [-0.2, 0) is 4.79 Å². The summed E-state index contributed by atoms with van der Waals surface area (Å²) >= 11 is 0. The molecule has 3 rings (SSSR count). The summed E-state index contributed by atoms with van der Waals surface area (Å²) in [5, 5.41) is 9.12. The highest BCUT2D eigenvalue weighted by atomic mass is 19.4. The molecule has 0 radical (unpaired) electrons. The summed E-state index contributed by atoms with van der Waals surface area (Å²) in [6.07, 6.45) is -7.25. The first-order valence-electron chi connectivity index (χ1n) is 8.57. The molecule has 2 aliphatic heterocycles. The number of fused-ring (bicyclic) bond motifs is 1. The third-order valence-electron chi connectivity index (χ3n) is 4.20. The molecule has 1 unspecified atom stereocenters. The first kappa shape index (κ1) is 22.1. The Morgan fingerprint density at radius 1 is 1.23 bits per heavy atom. The van der Waals surface area contributed by atoms with Crippen LogP contribution in [0.25, 0.3) is 6.08 Å². The van der Waals surface area contributed by atoms with Crippen molar-refractivity contribution < 1.29 is 45.7 Å². The molecule has 0 bridgehead atoms. The van der Waals surface area contributed by atoms with Crippen LogP contribution in [0.15, 0.2) is 41.6 Å². The summed E-state index contributed by atoms with van der Waals surface area (Å²) < 4.78 is 86.8. The van der Waals surface area contributed by atoms with Crippen LogP contribution in [-0.4, -0.2) is 48.2 Å². The molecule has 0 saturated carbocycles. The minimum atomic E-state index is -5.08. The summed E-state index contributed by atoms with van der Waals surface area (Å²) in [5.41, 5.74) is -1.38. The van der Waals surface area contributed by atoms with Gasteiger partial charge in [0.2, 0.25) is 6.10 Å². The number of carbonyl (C=O) groups is 1. The van der Waals surface area contributed by atoms with E-state index in [0.717, 1.165) is 12.1 Å². The van der Waals surface area contributed by atoms with Crippen molar-refractivity contribution in [3.63, 3.8) is 0 Å². The number of ether oxygens (including phenoxy) is 2. The third-order valence-corrected chi connectivity index (χ3v) is 4.20. The zero-order valence-corrected chi connectivity index (χ0v) is 15.6. The Morgan fingerprint density at radius 2 is 1.94 bits per heavy atom. The van der Waals surface area contributed by atoms with Gasteiger partial charge in [-0.1, -0.05) is 18.1 Å². The molecule has 1 N–H and O–H groups in total. The van der Waals surface area contributed by atoms with E-state index in [1.54, 1.807) is 24.1 Å². The maximum atomic E-state index is 13.3. The van der Waals surface area contributed by atoms with Crippen LogP contribution < -0.4 is 9.47 Å². The number of carboxylic acids is 1. The van der Waals surface area contributed by atoms with Crippen LogP contribution in [0.4, 0.5) is 26.3 Å². The lowest BCUT2D eigenvalue weighted by Crippen LogP contribution is -2.40. The molecule has 0 aliphatic carbocycles. The van der Waals surface area contributed by atoms with Gasteiger partial charge in [0.1, 0.15) is 11.5 Å². The Hall–Kier alpha value is -3.55. The van der Waals surface area contributed by atoms with E-state index in [9.17, 15) is 31.1 Å². The van der Waals surface area contributed by atoms with E-state index < -0.39 is 41.7 Å². The van der Waals surface area contributed by atoms with Crippen LogP contribution in [0.2, 0.25) is 0 Å². The van der Waals surface area contributed by atoms with Gasteiger partial charge in [-0.25, -0.2) is 4.79 Å². The Bertz CT molecular complexity index is 1060. The minimum Gasteiger partial charge on any atom is -0.478 e. The number of rotatable bonds is 2. The van der Waals surface area contributed by atoms with Gasteiger partial charge < -0.3 is 19.5 Å². The van der Waals surface area contributed by atoms with Crippen molar-refractivity contribution in [3.05, 3.63) is 52.8 Å². The molecule has 0 amide bonds. The van der Waals surface area contributed by atoms with Crippen molar-refractivity contribution >= 4 is 12.0 Å². The summed E-state index contributed by atoms with van der Waals surface area (Å²) in [4.78, 5) is 13.0. The molecule has 164 valence electrons. The lowest BCUT2D eigenvalue weighted by Gasteiger charge is -2.28. The van der Waals surface area contributed by atoms with Crippen molar-refractivity contribution in [2.45, 2.75) is 18.6 Å². The van der Waals surface area contributed by atoms with E-state index in [-0.39, 0.29) is 11.1 Å². The number of halogens is 6. The van der Waals surface area contributed by atoms with Crippen LogP contribution >= 0.6 is 0 Å². The van der Waals surface area contributed by atoms with E-state index >= 15 is 0 Å². The van der Waals surface area contributed by atoms with Gasteiger partial charge in [0.25, 0.3) is 0 Å². The molecular weight excluding hydrogens is 432 g/mol. The zero-order chi connectivity index (χ0) is 23.0. The molecule has 11 heteroatoms. The van der Waals surface area contributed by atoms with Gasteiger partial charge in [-0.3, -0.25) is 0 Å². The molecule has 1 aromatic carbocycles. The third kappa shape index (κ3) is 5.14. The molecule has 1 aromatic rings. The number of nitrogens with zero attached hydrogens (tertiary/aromatic N) is 1. The van der Waals surface area contributed by atoms with E-state index in [2.05, 4.69) is 16.6 Å². The first-order valence-corrected chi connectivity index (χ1v) is 8.57. The highest BCUT2D eigenvalue weighted by molar-refractivity contribution is 5.95. The number of alkyl halides is 6. The van der Waals surface area contributed by atoms with E-state index in [4.69, 9.17) is 9.84 Å². The van der Waals surface area contributed by atoms with Crippen LogP contribution in [0.3, 0.4) is 0 Å². The Kier molecular flexibility index (Phi) is 5.67. The maximum absolute atomic E-state index is 13.3. The summed E-state index contributed by atoms with van der Waals surface area (Å²) in [5.74, 6) is 1.97. The van der Waals surface area contributed by atoms with Gasteiger partial charge in [-0.15, -0.1) is 13.2 Å². The quantitative estimate of drug-likeness (QED) is 0.549. The summed E-state index contributed by atoms with van der Waals surface area (Å²) in [6, 6.07) is 1.52. The lowest BCUT2D eigenvalue weighted by molar-refractivity contribution is -0.274. The highest BCUT2D eigenvalue weighted by Gasteiger charge is 2.49. The number of hydrogen-bond acceptors (Lipinski definition) is 4. The Labute approximate surface area is 171 Å². The SMILES string of the molecule is CN1CC=CC=C1C#Cc1cc(OC(F)(F)F)cc2c1OC(C(F)(F)F)C(C(=O)O)=C2. The lowest BCUT2D eigenvalue weighted by atomic mass is 9.98. The van der Waals surface area contributed by atoms with E-state index in [1.165, 1.54) is 0 Å². The molecule has 0 aromatic heterocycles. The predicted octanol–water partition coefficient (Wildman–Crippen LogP) is 4.11. The fourth-order valence-electron chi connectivity index (χ4n) is 2.86. The van der Waals surface area contributed by atoms with Crippen molar-refractivity contribution in [2.24, 2.45) is 0 Å². The van der Waals surface area contributed by atoms with Crippen LogP contribution in [0, 0.1) is 11.8 Å². The second-order valence-corrected chi connectivity index (χ2v) is 6.49. The van der Waals surface area contributed by atoms with Gasteiger partial charge in [-0.2, -0.15) is 13.2 Å². The van der Waals surface area contributed by atoms with Crippen LogP contribution in [0.5, 0.6) is 11.5 Å². The number of carboxylic acid groups (broad SMARTS) is 1. The van der Waals surface area contributed by atoms with Gasteiger partial charge in [-0.05, 0) is 30.2 Å². The molecule has 0 saturated heterocycles. The summed E-state index contributed by atoms with van der Waals surface area (Å²) in [6.45, 7) is 0.507. The van der Waals surface area contributed by atoms with Crippen molar-refractivity contribution in [1.82, 2.24) is 4.90 Å². The average Bonchev–Trinajstić information content (AvgIpc) is 2.64. The number of benzene rings is 1. The van der Waals surface area contributed by atoms with Gasteiger partial charge in [0, 0.05) is 19.2 Å². The number of aliphatic carboxylic acids is 1. The van der Waals surface area contributed by atoms with Crippen molar-refractivity contribution in [2.75, 3.05) is 13.6 Å². The zero-order valence-electron chi connectivity index (χ0n) is 15.6.